The molecular formula is C18H13NO5. The van der Waals surface area contributed by atoms with Gasteiger partial charge >= 0.3 is 11.9 Å². The zero-order valence-electron chi connectivity index (χ0n) is 12.8. The number of ether oxygens (including phenoxy) is 1. The molecule has 0 saturated carbocycles. The molecule has 4 rings (SSSR count). The molecule has 0 aliphatic heterocycles. The van der Waals surface area contributed by atoms with Crippen LogP contribution in [0.5, 0.6) is 0 Å². The molecule has 4 aromatic rings. The van der Waals surface area contributed by atoms with Crippen molar-refractivity contribution in [3.8, 4) is 0 Å². The fraction of sp³-hybridized carbons (Fsp3) is 0.111. The van der Waals surface area contributed by atoms with Gasteiger partial charge in [-0.15, -0.1) is 0 Å². The number of furan rings is 1. The van der Waals surface area contributed by atoms with Crippen LogP contribution < -0.4 is 0 Å². The number of fused-ring (bicyclic) bond motifs is 5. The summed E-state index contributed by atoms with van der Waals surface area (Å²) in [4.78, 5) is 26.8. The highest BCUT2D eigenvalue weighted by Crippen LogP contribution is 2.36. The van der Waals surface area contributed by atoms with E-state index in [2.05, 4.69) is 4.98 Å². The topological polar surface area (TPSA) is 92.5 Å². The molecule has 6 nitrogen and oxygen atoms in total. The maximum atomic E-state index is 12.0. The standard InChI is InChI=1S/C18H13NO5/c1-2-23-18(22)14-8-10-11(17(20)21)7-13-15(16(10)24-14)9-5-3-4-6-12(9)19-13/h3-8,19H,2H2,1H3,(H,20,21). The number of carboxylic acid groups (broad SMARTS) is 1. The number of aromatic amines is 1. The van der Waals surface area contributed by atoms with E-state index in [0.29, 0.717) is 16.5 Å². The molecule has 2 aromatic heterocycles. The number of hydrogen-bond acceptors (Lipinski definition) is 4. The van der Waals surface area contributed by atoms with Crippen molar-refractivity contribution in [2.45, 2.75) is 6.92 Å². The molecule has 24 heavy (non-hydrogen) atoms. The number of benzene rings is 2. The van der Waals surface area contributed by atoms with Crippen molar-refractivity contribution in [3.05, 3.63) is 47.7 Å². The number of H-pyrrole nitrogens is 1. The Kier molecular flexibility index (Phi) is 3.06. The molecule has 2 N–H and O–H groups in total. The zero-order valence-corrected chi connectivity index (χ0v) is 12.8. The molecule has 0 bridgehead atoms. The van der Waals surface area contributed by atoms with E-state index in [1.165, 1.54) is 6.07 Å². The van der Waals surface area contributed by atoms with Gasteiger partial charge in [-0.05, 0) is 19.1 Å². The smallest absolute Gasteiger partial charge is 0.374 e. The Balaban J connectivity index is 2.14. The van der Waals surface area contributed by atoms with Gasteiger partial charge in [0.25, 0.3) is 0 Å². The third kappa shape index (κ3) is 1.96. The lowest BCUT2D eigenvalue weighted by Crippen LogP contribution is -2.02. The highest BCUT2D eigenvalue weighted by molar-refractivity contribution is 6.22. The first kappa shape index (κ1) is 14.3. The number of nitrogens with one attached hydrogen (secondary N) is 1. The van der Waals surface area contributed by atoms with Crippen LogP contribution in [0.1, 0.15) is 27.8 Å². The average molecular weight is 323 g/mol. The van der Waals surface area contributed by atoms with E-state index in [9.17, 15) is 14.7 Å². The molecule has 0 spiro atoms. The van der Waals surface area contributed by atoms with Gasteiger partial charge in [0.2, 0.25) is 5.76 Å². The minimum absolute atomic E-state index is 0.00729. The molecular weight excluding hydrogens is 310 g/mol. The van der Waals surface area contributed by atoms with E-state index in [0.717, 1.165) is 16.3 Å². The van der Waals surface area contributed by atoms with Gasteiger partial charge in [0.15, 0.2) is 0 Å². The second-order valence-corrected chi connectivity index (χ2v) is 5.40. The molecule has 0 aliphatic carbocycles. The highest BCUT2D eigenvalue weighted by atomic mass is 16.5. The van der Waals surface area contributed by atoms with Crippen molar-refractivity contribution in [1.29, 1.82) is 0 Å². The predicted octanol–water partition coefficient (Wildman–Crippen LogP) is 3.94. The van der Waals surface area contributed by atoms with E-state index in [1.54, 1.807) is 13.0 Å². The first-order valence-corrected chi connectivity index (χ1v) is 7.47. The number of esters is 1. The number of rotatable bonds is 3. The predicted molar refractivity (Wildman–Crippen MR) is 88.5 cm³/mol. The molecule has 0 radical (unpaired) electrons. The van der Waals surface area contributed by atoms with Crippen LogP contribution in [0.3, 0.4) is 0 Å². The second-order valence-electron chi connectivity index (χ2n) is 5.40. The van der Waals surface area contributed by atoms with Gasteiger partial charge in [-0.25, -0.2) is 9.59 Å². The van der Waals surface area contributed by atoms with Crippen LogP contribution in [0.15, 0.2) is 40.8 Å². The number of hydrogen-bond donors (Lipinski definition) is 2. The van der Waals surface area contributed by atoms with E-state index in [-0.39, 0.29) is 17.9 Å². The van der Waals surface area contributed by atoms with Crippen molar-refractivity contribution in [2.24, 2.45) is 0 Å². The van der Waals surface area contributed by atoms with E-state index >= 15 is 0 Å². The fourth-order valence-corrected chi connectivity index (χ4v) is 2.99. The van der Waals surface area contributed by atoms with Gasteiger partial charge in [0.1, 0.15) is 5.58 Å². The van der Waals surface area contributed by atoms with Crippen LogP contribution in [-0.4, -0.2) is 28.6 Å². The first-order chi connectivity index (χ1) is 11.6. The Hall–Kier alpha value is -3.28. The van der Waals surface area contributed by atoms with Gasteiger partial charge in [0.05, 0.1) is 23.1 Å². The van der Waals surface area contributed by atoms with Crippen LogP contribution in [0.4, 0.5) is 0 Å². The summed E-state index contributed by atoms with van der Waals surface area (Å²) in [6, 6.07) is 10.6. The van der Waals surface area contributed by atoms with E-state index < -0.39 is 11.9 Å². The van der Waals surface area contributed by atoms with Gasteiger partial charge in [-0.1, -0.05) is 18.2 Å². The molecule has 0 unspecified atom stereocenters. The average Bonchev–Trinajstić information content (AvgIpc) is 3.14. The highest BCUT2D eigenvalue weighted by Gasteiger charge is 2.22. The number of carboxylic acids is 1. The number of para-hydroxylation sites is 1. The number of aromatic carboxylic acids is 1. The Labute approximate surface area is 135 Å². The maximum Gasteiger partial charge on any atom is 0.374 e. The number of carbonyl (C=O) groups excluding carboxylic acids is 1. The van der Waals surface area contributed by atoms with Crippen LogP contribution in [0.25, 0.3) is 32.8 Å². The molecule has 2 heterocycles. The van der Waals surface area contributed by atoms with Crippen molar-refractivity contribution in [2.75, 3.05) is 6.61 Å². The Morgan fingerprint density at radius 2 is 1.96 bits per heavy atom. The summed E-state index contributed by atoms with van der Waals surface area (Å²) in [5.74, 6) is -1.71. The minimum Gasteiger partial charge on any atom is -0.478 e. The fourth-order valence-electron chi connectivity index (χ4n) is 2.99. The molecule has 0 atom stereocenters. The number of aromatic nitrogens is 1. The maximum absolute atomic E-state index is 12.0. The Bertz CT molecular complexity index is 1120. The third-order valence-electron chi connectivity index (χ3n) is 3.98. The van der Waals surface area contributed by atoms with Crippen molar-refractivity contribution in [3.63, 3.8) is 0 Å². The molecule has 0 aliphatic rings. The second kappa shape index (κ2) is 5.13. The minimum atomic E-state index is -1.09. The van der Waals surface area contributed by atoms with Gasteiger partial charge in [-0.2, -0.15) is 0 Å². The van der Waals surface area contributed by atoms with Crippen molar-refractivity contribution < 1.29 is 23.8 Å². The number of carbonyl (C=O) groups is 2. The lowest BCUT2D eigenvalue weighted by Gasteiger charge is -1.99. The molecule has 0 fully saturated rings. The van der Waals surface area contributed by atoms with Crippen LogP contribution in [-0.2, 0) is 4.74 Å². The van der Waals surface area contributed by atoms with Crippen LogP contribution in [0, 0.1) is 0 Å². The summed E-state index contributed by atoms with van der Waals surface area (Å²) in [7, 11) is 0. The summed E-state index contributed by atoms with van der Waals surface area (Å²) in [5.41, 5.74) is 1.95. The summed E-state index contributed by atoms with van der Waals surface area (Å²) < 4.78 is 10.6. The molecule has 6 heteroatoms. The van der Waals surface area contributed by atoms with Crippen molar-refractivity contribution in [1.82, 2.24) is 4.98 Å². The third-order valence-corrected chi connectivity index (χ3v) is 3.98. The molecule has 120 valence electrons. The molecule has 0 amide bonds. The summed E-state index contributed by atoms with van der Waals surface area (Å²) >= 11 is 0. The molecule has 2 aromatic carbocycles. The zero-order chi connectivity index (χ0) is 16.8. The monoisotopic (exact) mass is 323 g/mol. The van der Waals surface area contributed by atoms with Crippen molar-refractivity contribution >= 4 is 44.7 Å². The van der Waals surface area contributed by atoms with Crippen LogP contribution in [0.2, 0.25) is 0 Å². The first-order valence-electron chi connectivity index (χ1n) is 7.47. The normalized spacial score (nSPS) is 11.4. The van der Waals surface area contributed by atoms with E-state index in [1.807, 2.05) is 24.3 Å². The Morgan fingerprint density at radius 1 is 1.17 bits per heavy atom. The van der Waals surface area contributed by atoms with Gasteiger partial charge in [-0.3, -0.25) is 0 Å². The molecule has 0 saturated heterocycles. The largest absolute Gasteiger partial charge is 0.478 e. The quantitative estimate of drug-likeness (QED) is 0.557. The summed E-state index contributed by atoms with van der Waals surface area (Å²) in [5, 5.41) is 11.5. The lowest BCUT2D eigenvalue weighted by atomic mass is 10.1. The lowest BCUT2D eigenvalue weighted by molar-refractivity contribution is 0.0492. The summed E-state index contributed by atoms with van der Waals surface area (Å²) in [6.07, 6.45) is 0. The Morgan fingerprint density at radius 3 is 2.71 bits per heavy atom. The SMILES string of the molecule is CCOC(=O)c1cc2c(C(=O)O)cc3[nH]c4ccccc4c3c2o1. The summed E-state index contributed by atoms with van der Waals surface area (Å²) in [6.45, 7) is 1.91. The van der Waals surface area contributed by atoms with Gasteiger partial charge in [0, 0.05) is 22.4 Å². The van der Waals surface area contributed by atoms with Gasteiger partial charge < -0.3 is 19.2 Å². The van der Waals surface area contributed by atoms with Crippen LogP contribution >= 0.6 is 0 Å². The van der Waals surface area contributed by atoms with E-state index in [4.69, 9.17) is 9.15 Å².